The molecule has 0 bridgehead atoms. The first-order valence-corrected chi connectivity index (χ1v) is 14.4. The van der Waals surface area contributed by atoms with Crippen LogP contribution in [0.2, 0.25) is 0 Å². The van der Waals surface area contributed by atoms with E-state index in [2.05, 4.69) is 58.5 Å². The number of carbonyl (C=O) groups is 1. The highest BCUT2D eigenvalue weighted by Gasteiger charge is 2.34. The lowest BCUT2D eigenvalue weighted by Crippen LogP contribution is -2.47. The van der Waals surface area contributed by atoms with Crippen molar-refractivity contribution in [3.63, 3.8) is 0 Å². The fourth-order valence-electron chi connectivity index (χ4n) is 6.84. The summed E-state index contributed by atoms with van der Waals surface area (Å²) in [6.07, 6.45) is 14.9. The van der Waals surface area contributed by atoms with Gasteiger partial charge in [-0.05, 0) is 94.4 Å². The lowest BCUT2D eigenvalue weighted by atomic mass is 9.83. The van der Waals surface area contributed by atoms with Crippen molar-refractivity contribution in [3.8, 4) is 0 Å². The van der Waals surface area contributed by atoms with E-state index < -0.39 is 5.97 Å². The van der Waals surface area contributed by atoms with E-state index in [0.29, 0.717) is 23.8 Å². The smallest absolute Gasteiger partial charge is 0.320 e. The van der Waals surface area contributed by atoms with Gasteiger partial charge in [0, 0.05) is 31.8 Å². The van der Waals surface area contributed by atoms with Crippen LogP contribution >= 0.6 is 0 Å². The van der Waals surface area contributed by atoms with Gasteiger partial charge in [0.2, 0.25) is 0 Å². The molecule has 0 spiro atoms. The van der Waals surface area contributed by atoms with E-state index in [9.17, 15) is 9.90 Å². The summed E-state index contributed by atoms with van der Waals surface area (Å²) in [6, 6.07) is 10.6. The Morgan fingerprint density at radius 2 is 1.81 bits per heavy atom. The Morgan fingerprint density at radius 1 is 1.08 bits per heavy atom. The predicted octanol–water partition coefficient (Wildman–Crippen LogP) is 5.75. The number of carboxylic acids is 1. The third kappa shape index (κ3) is 7.76. The molecule has 0 aromatic heterocycles. The maximum atomic E-state index is 12.0. The van der Waals surface area contributed by atoms with Gasteiger partial charge in [-0.25, -0.2) is 0 Å². The Labute approximate surface area is 218 Å². The Balaban J connectivity index is 1.20. The normalized spacial score (nSPS) is 26.3. The van der Waals surface area contributed by atoms with Crippen molar-refractivity contribution in [3.05, 3.63) is 47.5 Å². The van der Waals surface area contributed by atoms with E-state index in [4.69, 9.17) is 0 Å². The van der Waals surface area contributed by atoms with Gasteiger partial charge >= 0.3 is 5.97 Å². The van der Waals surface area contributed by atoms with Gasteiger partial charge in [-0.1, -0.05) is 55.2 Å². The lowest BCUT2D eigenvalue weighted by molar-refractivity contribution is -0.141. The van der Waals surface area contributed by atoms with E-state index in [-0.39, 0.29) is 6.04 Å². The van der Waals surface area contributed by atoms with E-state index in [1.807, 2.05) is 7.05 Å². The van der Waals surface area contributed by atoms with Gasteiger partial charge in [0.05, 0.1) is 0 Å². The molecule has 3 aliphatic rings. The molecule has 36 heavy (non-hydrogen) atoms. The lowest BCUT2D eigenvalue weighted by Gasteiger charge is -2.34. The first kappa shape index (κ1) is 27.1. The number of benzene rings is 1. The summed E-state index contributed by atoms with van der Waals surface area (Å²) in [6.45, 7) is 5.79. The zero-order valence-electron chi connectivity index (χ0n) is 22.5. The van der Waals surface area contributed by atoms with Crippen LogP contribution in [0.5, 0.6) is 0 Å². The van der Waals surface area contributed by atoms with Crippen LogP contribution in [0.15, 0.2) is 47.0 Å². The van der Waals surface area contributed by atoms with Crippen molar-refractivity contribution in [1.82, 2.24) is 10.2 Å². The van der Waals surface area contributed by atoms with Crippen LogP contribution in [-0.4, -0.2) is 60.5 Å². The summed E-state index contributed by atoms with van der Waals surface area (Å²) in [5.74, 6) is 1.02. The highest BCUT2D eigenvalue weighted by molar-refractivity contribution is 5.97. The van der Waals surface area contributed by atoms with Crippen molar-refractivity contribution in [2.45, 2.75) is 89.6 Å². The summed E-state index contributed by atoms with van der Waals surface area (Å²) in [5, 5.41) is 13.4. The average molecular weight is 494 g/mol. The Morgan fingerprint density at radius 3 is 2.47 bits per heavy atom. The van der Waals surface area contributed by atoms with Crippen LogP contribution in [0.4, 0.5) is 0 Å². The first-order chi connectivity index (χ1) is 17.5. The standard InChI is InChI=1S/C31H47N3O2/c1-23(19-29(32-2)20-24-9-5-3-6-10-24)26-15-17-34(18-16-26)22-25-13-14-28(21-25)33-30(31(35)36)27-11-7-4-8-12-27/h3,5-6,9-10,19,25-28,30,33H,4,7-8,11-18,20-22H2,1-2H3,(H,35,36)/b23-19+,32-29?. The Kier molecular flexibility index (Phi) is 10.2. The number of hydrogen-bond acceptors (Lipinski definition) is 4. The molecule has 3 fully saturated rings. The number of hydrogen-bond donors (Lipinski definition) is 2. The SMILES string of the molecule is CN=C(/C=C(\C)C1CCN(CC2CCC(NC(C(=O)O)C3CCCCC3)C2)CC1)Cc1ccccc1. The molecule has 3 atom stereocenters. The zero-order chi connectivity index (χ0) is 25.3. The van der Waals surface area contributed by atoms with Crippen LogP contribution in [0.3, 0.4) is 0 Å². The molecule has 198 valence electrons. The number of allylic oxidation sites excluding steroid dienone is 2. The van der Waals surface area contributed by atoms with Crippen LogP contribution in [0.1, 0.15) is 76.7 Å². The van der Waals surface area contributed by atoms with Crippen molar-refractivity contribution in [2.75, 3.05) is 26.7 Å². The van der Waals surface area contributed by atoms with E-state index in [0.717, 1.165) is 32.1 Å². The molecule has 0 amide bonds. The predicted molar refractivity (Wildman–Crippen MR) is 149 cm³/mol. The monoisotopic (exact) mass is 493 g/mol. The molecular weight excluding hydrogens is 446 g/mol. The molecule has 2 aliphatic carbocycles. The van der Waals surface area contributed by atoms with Gasteiger partial charge < -0.3 is 15.3 Å². The van der Waals surface area contributed by atoms with Gasteiger partial charge in [-0.3, -0.25) is 9.79 Å². The number of carboxylic acid groups (broad SMARTS) is 1. The van der Waals surface area contributed by atoms with Gasteiger partial charge in [-0.15, -0.1) is 0 Å². The maximum Gasteiger partial charge on any atom is 0.320 e. The second kappa shape index (κ2) is 13.5. The highest BCUT2D eigenvalue weighted by atomic mass is 16.4. The molecular formula is C31H47N3O2. The molecule has 3 unspecified atom stereocenters. The third-order valence-corrected chi connectivity index (χ3v) is 9.00. The average Bonchev–Trinajstić information content (AvgIpc) is 3.35. The van der Waals surface area contributed by atoms with Gasteiger partial charge in [0.1, 0.15) is 6.04 Å². The van der Waals surface area contributed by atoms with E-state index in [1.54, 1.807) is 0 Å². The van der Waals surface area contributed by atoms with Crippen LogP contribution in [-0.2, 0) is 11.2 Å². The molecule has 1 saturated heterocycles. The quantitative estimate of drug-likeness (QED) is 0.407. The van der Waals surface area contributed by atoms with Gasteiger partial charge in [0.25, 0.3) is 0 Å². The topological polar surface area (TPSA) is 64.9 Å². The minimum Gasteiger partial charge on any atom is -0.480 e. The number of piperidine rings is 1. The van der Waals surface area contributed by atoms with Gasteiger partial charge in [-0.2, -0.15) is 0 Å². The van der Waals surface area contributed by atoms with Gasteiger partial charge in [0.15, 0.2) is 0 Å². The molecule has 1 aromatic carbocycles. The molecule has 4 rings (SSSR count). The molecule has 1 aromatic rings. The number of likely N-dealkylation sites (tertiary alicyclic amines) is 1. The van der Waals surface area contributed by atoms with Crippen molar-refractivity contribution in [1.29, 1.82) is 0 Å². The molecule has 1 aliphatic heterocycles. The minimum atomic E-state index is -0.643. The minimum absolute atomic E-state index is 0.316. The summed E-state index contributed by atoms with van der Waals surface area (Å²) in [4.78, 5) is 19.2. The highest BCUT2D eigenvalue weighted by Crippen LogP contribution is 2.32. The zero-order valence-corrected chi connectivity index (χ0v) is 22.5. The summed E-state index contributed by atoms with van der Waals surface area (Å²) < 4.78 is 0. The van der Waals surface area contributed by atoms with Crippen LogP contribution in [0.25, 0.3) is 0 Å². The molecule has 1 heterocycles. The maximum absolute atomic E-state index is 12.0. The Hall–Kier alpha value is -1.98. The van der Waals surface area contributed by atoms with Crippen molar-refractivity contribution < 1.29 is 9.90 Å². The second-order valence-corrected chi connectivity index (χ2v) is 11.6. The number of aliphatic carboxylic acids is 1. The molecule has 2 saturated carbocycles. The molecule has 2 N–H and O–H groups in total. The molecule has 5 nitrogen and oxygen atoms in total. The summed E-state index contributed by atoms with van der Waals surface area (Å²) >= 11 is 0. The number of rotatable bonds is 10. The second-order valence-electron chi connectivity index (χ2n) is 11.6. The van der Waals surface area contributed by atoms with E-state index in [1.165, 1.54) is 75.0 Å². The summed E-state index contributed by atoms with van der Waals surface area (Å²) in [7, 11) is 1.90. The van der Waals surface area contributed by atoms with Crippen LogP contribution < -0.4 is 5.32 Å². The Bertz CT molecular complexity index is 882. The number of aliphatic imine (C=N–C) groups is 1. The molecule has 0 radical (unpaired) electrons. The third-order valence-electron chi connectivity index (χ3n) is 9.00. The summed E-state index contributed by atoms with van der Waals surface area (Å²) in [5.41, 5.74) is 3.95. The van der Waals surface area contributed by atoms with Crippen molar-refractivity contribution >= 4 is 11.7 Å². The van der Waals surface area contributed by atoms with E-state index >= 15 is 0 Å². The largest absolute Gasteiger partial charge is 0.480 e. The van der Waals surface area contributed by atoms with Crippen LogP contribution in [0, 0.1) is 17.8 Å². The molecule has 5 heteroatoms. The number of nitrogens with zero attached hydrogens (tertiary/aromatic N) is 2. The fourth-order valence-corrected chi connectivity index (χ4v) is 6.84. The number of nitrogens with one attached hydrogen (secondary N) is 1. The first-order valence-electron chi connectivity index (χ1n) is 14.4. The fraction of sp³-hybridized carbons (Fsp3) is 0.677. The van der Waals surface area contributed by atoms with Crippen molar-refractivity contribution in [2.24, 2.45) is 22.7 Å².